The van der Waals surface area contributed by atoms with E-state index in [-0.39, 0.29) is 22.6 Å². The Balaban J connectivity index is 1.41. The normalized spacial score (nSPS) is 13.8. The van der Waals surface area contributed by atoms with E-state index in [1.54, 1.807) is 0 Å². The van der Waals surface area contributed by atoms with Gasteiger partial charge in [-0.2, -0.15) is 13.2 Å². The number of alkyl halides is 3. The Bertz CT molecular complexity index is 1190. The number of hydrogen-bond donors (Lipinski definition) is 1. The van der Waals surface area contributed by atoms with Gasteiger partial charge in [-0.15, -0.1) is 10.2 Å². The van der Waals surface area contributed by atoms with Gasteiger partial charge in [0.15, 0.2) is 0 Å². The molecule has 1 amide bonds. The van der Waals surface area contributed by atoms with E-state index in [1.807, 2.05) is 4.90 Å². The number of carbonyl (C=O) groups is 1. The first-order chi connectivity index (χ1) is 16.2. The van der Waals surface area contributed by atoms with Crippen LogP contribution in [0, 0.1) is 10.1 Å². The molecule has 2 aromatic carbocycles. The summed E-state index contributed by atoms with van der Waals surface area (Å²) in [6.07, 6.45) is -2.74. The van der Waals surface area contributed by atoms with Crippen molar-refractivity contribution in [3.05, 3.63) is 58.1 Å². The molecule has 1 N–H and O–H groups in total. The summed E-state index contributed by atoms with van der Waals surface area (Å²) in [5.74, 6) is -0.417. The van der Waals surface area contributed by atoms with Gasteiger partial charge in [0.05, 0.1) is 27.6 Å². The van der Waals surface area contributed by atoms with Crippen LogP contribution in [0.25, 0.3) is 11.5 Å². The van der Waals surface area contributed by atoms with Crippen molar-refractivity contribution in [2.75, 3.05) is 29.1 Å². The molecule has 0 unspecified atom stereocenters. The fourth-order valence-electron chi connectivity index (χ4n) is 3.46. The van der Waals surface area contributed by atoms with Crippen LogP contribution in [0.3, 0.4) is 0 Å². The Morgan fingerprint density at radius 1 is 1.15 bits per heavy atom. The van der Waals surface area contributed by atoms with E-state index >= 15 is 0 Å². The topological polar surface area (TPSA) is 114 Å². The van der Waals surface area contributed by atoms with E-state index in [9.17, 15) is 28.1 Å². The van der Waals surface area contributed by atoms with Gasteiger partial charge in [-0.1, -0.05) is 11.8 Å². The van der Waals surface area contributed by atoms with Gasteiger partial charge in [-0.3, -0.25) is 14.9 Å². The summed E-state index contributed by atoms with van der Waals surface area (Å²) in [4.78, 5) is 24.5. The first-order valence-electron chi connectivity index (χ1n) is 10.2. The van der Waals surface area contributed by atoms with Gasteiger partial charge >= 0.3 is 6.18 Å². The standard InChI is InChI=1S/C21H18F3N5O4S/c22-21(23,24)14-5-8-16(17(11-14)28-9-1-2-10-28)25-18(30)12-34-20-27-26-19(33-20)13-3-6-15(7-4-13)29(31)32/h3-8,11H,1-2,9-10,12H2,(H,25,30). The zero-order valence-electron chi connectivity index (χ0n) is 17.5. The highest BCUT2D eigenvalue weighted by Gasteiger charge is 2.32. The van der Waals surface area contributed by atoms with E-state index in [0.29, 0.717) is 30.0 Å². The Morgan fingerprint density at radius 2 is 1.85 bits per heavy atom. The van der Waals surface area contributed by atoms with Crippen molar-refractivity contribution in [1.82, 2.24) is 10.2 Å². The SMILES string of the molecule is O=C(CSc1nnc(-c2ccc([N+](=O)[O-])cc2)o1)Nc1ccc(C(F)(F)F)cc1N1CCCC1. The molecule has 1 saturated heterocycles. The van der Waals surface area contributed by atoms with E-state index < -0.39 is 22.6 Å². The number of nitrogens with zero attached hydrogens (tertiary/aromatic N) is 4. The summed E-state index contributed by atoms with van der Waals surface area (Å²) in [7, 11) is 0. The average Bonchev–Trinajstić information content (AvgIpc) is 3.50. The van der Waals surface area contributed by atoms with Crippen molar-refractivity contribution < 1.29 is 27.3 Å². The van der Waals surface area contributed by atoms with Gasteiger partial charge in [0.1, 0.15) is 0 Å². The van der Waals surface area contributed by atoms with E-state index in [2.05, 4.69) is 15.5 Å². The van der Waals surface area contributed by atoms with Crippen molar-refractivity contribution in [1.29, 1.82) is 0 Å². The molecule has 0 aliphatic carbocycles. The minimum atomic E-state index is -4.48. The number of aromatic nitrogens is 2. The monoisotopic (exact) mass is 493 g/mol. The molecule has 0 spiro atoms. The van der Waals surface area contributed by atoms with Crippen molar-refractivity contribution in [2.45, 2.75) is 24.2 Å². The highest BCUT2D eigenvalue weighted by atomic mass is 32.2. The molecule has 0 radical (unpaired) electrons. The van der Waals surface area contributed by atoms with Gasteiger partial charge in [-0.05, 0) is 43.2 Å². The molecule has 0 atom stereocenters. The zero-order valence-corrected chi connectivity index (χ0v) is 18.4. The third kappa shape index (κ3) is 5.47. The number of rotatable bonds is 7. The van der Waals surface area contributed by atoms with Gasteiger partial charge in [0, 0.05) is 30.8 Å². The molecule has 1 aromatic heterocycles. The first-order valence-corrected chi connectivity index (χ1v) is 11.2. The lowest BCUT2D eigenvalue weighted by molar-refractivity contribution is -0.384. The zero-order chi connectivity index (χ0) is 24.3. The maximum Gasteiger partial charge on any atom is 0.416 e. The number of halogens is 3. The smallest absolute Gasteiger partial charge is 0.411 e. The third-order valence-electron chi connectivity index (χ3n) is 5.10. The summed E-state index contributed by atoms with van der Waals surface area (Å²) >= 11 is 0.963. The van der Waals surface area contributed by atoms with Crippen LogP contribution in [0.2, 0.25) is 0 Å². The minimum absolute atomic E-state index is 0.0777. The molecule has 1 aliphatic rings. The molecule has 0 bridgehead atoms. The van der Waals surface area contributed by atoms with E-state index in [4.69, 9.17) is 4.42 Å². The molecule has 0 saturated carbocycles. The van der Waals surface area contributed by atoms with Crippen molar-refractivity contribution in [3.63, 3.8) is 0 Å². The largest absolute Gasteiger partial charge is 0.416 e. The molecule has 34 heavy (non-hydrogen) atoms. The number of carbonyl (C=O) groups excluding carboxylic acids is 1. The van der Waals surface area contributed by atoms with Gasteiger partial charge in [-0.25, -0.2) is 0 Å². The molecular weight excluding hydrogens is 475 g/mol. The maximum absolute atomic E-state index is 13.2. The molecule has 1 fully saturated rings. The van der Waals surface area contributed by atoms with Crippen LogP contribution < -0.4 is 10.2 Å². The summed E-state index contributed by atoms with van der Waals surface area (Å²) in [6.45, 7) is 1.23. The van der Waals surface area contributed by atoms with Crippen molar-refractivity contribution >= 4 is 34.7 Å². The van der Waals surface area contributed by atoms with Gasteiger partial charge in [0.25, 0.3) is 10.9 Å². The fraction of sp³-hybridized carbons (Fsp3) is 0.286. The van der Waals surface area contributed by atoms with E-state index in [1.165, 1.54) is 30.3 Å². The first kappa shape index (κ1) is 23.5. The van der Waals surface area contributed by atoms with Gasteiger partial charge in [0.2, 0.25) is 11.8 Å². The van der Waals surface area contributed by atoms with E-state index in [0.717, 1.165) is 36.7 Å². The Morgan fingerprint density at radius 3 is 2.50 bits per heavy atom. The predicted molar refractivity (Wildman–Crippen MR) is 119 cm³/mol. The van der Waals surface area contributed by atoms with Crippen LogP contribution in [-0.2, 0) is 11.0 Å². The number of non-ortho nitro benzene ring substituents is 1. The minimum Gasteiger partial charge on any atom is -0.411 e. The maximum atomic E-state index is 13.2. The second kappa shape index (κ2) is 9.71. The summed E-state index contributed by atoms with van der Waals surface area (Å²) in [5, 5.41) is 21.2. The average molecular weight is 493 g/mol. The molecule has 4 rings (SSSR count). The number of amides is 1. The van der Waals surface area contributed by atoms with Crippen molar-refractivity contribution in [2.24, 2.45) is 0 Å². The molecule has 13 heteroatoms. The number of thioether (sulfide) groups is 1. The van der Waals surface area contributed by atoms with Crippen LogP contribution in [0.4, 0.5) is 30.2 Å². The summed E-state index contributed by atoms with van der Waals surface area (Å²) < 4.78 is 45.0. The second-order valence-electron chi connectivity index (χ2n) is 7.44. The van der Waals surface area contributed by atoms with Crippen LogP contribution in [0.15, 0.2) is 52.1 Å². The Labute approximate surface area is 195 Å². The number of anilines is 2. The highest BCUT2D eigenvalue weighted by Crippen LogP contribution is 2.37. The molecular formula is C21H18F3N5O4S. The van der Waals surface area contributed by atoms with Crippen LogP contribution in [0.5, 0.6) is 0 Å². The second-order valence-corrected chi connectivity index (χ2v) is 8.36. The molecule has 1 aliphatic heterocycles. The lowest BCUT2D eigenvalue weighted by Gasteiger charge is -2.23. The lowest BCUT2D eigenvalue weighted by Crippen LogP contribution is -2.22. The Kier molecular flexibility index (Phi) is 6.72. The number of nitrogens with one attached hydrogen (secondary N) is 1. The molecule has 2 heterocycles. The third-order valence-corrected chi connectivity index (χ3v) is 5.92. The van der Waals surface area contributed by atoms with Crippen LogP contribution in [0.1, 0.15) is 18.4 Å². The quantitative estimate of drug-likeness (QED) is 0.278. The van der Waals surface area contributed by atoms with Crippen molar-refractivity contribution in [3.8, 4) is 11.5 Å². The fourth-order valence-corrected chi connectivity index (χ4v) is 4.02. The number of benzene rings is 2. The number of nitro benzene ring substituents is 1. The molecule has 9 nitrogen and oxygen atoms in total. The molecule has 3 aromatic rings. The van der Waals surface area contributed by atoms with Crippen LogP contribution in [-0.4, -0.2) is 39.9 Å². The number of hydrogen-bond acceptors (Lipinski definition) is 8. The van der Waals surface area contributed by atoms with Gasteiger partial charge < -0.3 is 14.6 Å². The Hall–Kier alpha value is -3.61. The lowest BCUT2D eigenvalue weighted by atomic mass is 10.1. The number of nitro groups is 1. The summed E-state index contributed by atoms with van der Waals surface area (Å²) in [6, 6.07) is 8.82. The molecule has 178 valence electrons. The predicted octanol–water partition coefficient (Wildman–Crippen LogP) is 4.99. The highest BCUT2D eigenvalue weighted by molar-refractivity contribution is 7.99. The van der Waals surface area contributed by atoms with Crippen LogP contribution >= 0.6 is 11.8 Å². The summed E-state index contributed by atoms with van der Waals surface area (Å²) in [5.41, 5.74) is 0.272.